The Morgan fingerprint density at radius 3 is 2.81 bits per heavy atom. The highest BCUT2D eigenvalue weighted by Crippen LogP contribution is 2.35. The first-order valence-corrected chi connectivity index (χ1v) is 8.67. The lowest BCUT2D eigenvalue weighted by molar-refractivity contribution is -0.118. The van der Waals surface area contributed by atoms with Crippen molar-refractivity contribution in [1.82, 2.24) is 4.90 Å². The van der Waals surface area contributed by atoms with Crippen molar-refractivity contribution in [1.29, 1.82) is 0 Å². The number of rotatable bonds is 3. The molecule has 2 aliphatic heterocycles. The molecule has 2 aromatic rings. The van der Waals surface area contributed by atoms with Gasteiger partial charge in [-0.25, -0.2) is 0 Å². The first-order chi connectivity index (χ1) is 12.7. The second-order valence-electron chi connectivity index (χ2n) is 6.48. The Kier molecular flexibility index (Phi) is 4.24. The number of hydrogen-bond acceptors (Lipinski definition) is 4. The van der Waals surface area contributed by atoms with Gasteiger partial charge in [0.25, 0.3) is 11.8 Å². The number of methoxy groups -OCH3 is 1. The maximum absolute atomic E-state index is 13.1. The maximum Gasteiger partial charge on any atom is 0.262 e. The van der Waals surface area contributed by atoms with Gasteiger partial charge < -0.3 is 19.7 Å². The van der Waals surface area contributed by atoms with Crippen LogP contribution < -0.4 is 14.8 Å². The molecule has 4 rings (SSSR count). The van der Waals surface area contributed by atoms with E-state index in [0.717, 1.165) is 30.7 Å². The van der Waals surface area contributed by atoms with E-state index in [2.05, 4.69) is 5.32 Å². The van der Waals surface area contributed by atoms with Crippen LogP contribution >= 0.6 is 0 Å². The van der Waals surface area contributed by atoms with E-state index in [4.69, 9.17) is 9.47 Å². The SMILES string of the molecule is COc1ccc(C2CCCN2C(=O)c2ccc3c(c2)OCC(=O)N3)cc1. The fourth-order valence-electron chi connectivity index (χ4n) is 3.56. The molecule has 6 nitrogen and oxygen atoms in total. The second kappa shape index (κ2) is 6.71. The third-order valence-electron chi connectivity index (χ3n) is 4.88. The van der Waals surface area contributed by atoms with Crippen LogP contribution in [0.4, 0.5) is 5.69 Å². The van der Waals surface area contributed by atoms with Crippen LogP contribution in [-0.4, -0.2) is 37.0 Å². The Labute approximate surface area is 151 Å². The average Bonchev–Trinajstić information content (AvgIpc) is 3.17. The first-order valence-electron chi connectivity index (χ1n) is 8.67. The highest BCUT2D eigenvalue weighted by molar-refractivity contribution is 5.99. The van der Waals surface area contributed by atoms with Crippen molar-refractivity contribution in [2.75, 3.05) is 25.6 Å². The zero-order valence-electron chi connectivity index (χ0n) is 14.5. The molecule has 26 heavy (non-hydrogen) atoms. The fraction of sp³-hybridized carbons (Fsp3) is 0.300. The van der Waals surface area contributed by atoms with Crippen LogP contribution in [0.3, 0.4) is 0 Å². The lowest BCUT2D eigenvalue weighted by atomic mass is 10.0. The Morgan fingerprint density at radius 2 is 2.04 bits per heavy atom. The standard InChI is InChI=1S/C20H20N2O4/c1-25-15-7-4-13(5-8-15)17-3-2-10-22(17)20(24)14-6-9-16-18(11-14)26-12-19(23)21-16/h4-9,11,17H,2-3,10,12H2,1H3,(H,21,23). The van der Waals surface area contributed by atoms with Gasteiger partial charge in [-0.3, -0.25) is 9.59 Å². The highest BCUT2D eigenvalue weighted by Gasteiger charge is 2.31. The van der Waals surface area contributed by atoms with Gasteiger partial charge in [0.05, 0.1) is 18.8 Å². The molecule has 0 saturated carbocycles. The molecule has 6 heteroatoms. The Hall–Kier alpha value is -3.02. The summed E-state index contributed by atoms with van der Waals surface area (Å²) in [4.78, 5) is 26.3. The number of carbonyl (C=O) groups excluding carboxylic acids is 2. The predicted octanol–water partition coefficient (Wildman–Crippen LogP) is 3.00. The molecule has 0 radical (unpaired) electrons. The van der Waals surface area contributed by atoms with Crippen LogP contribution in [0.15, 0.2) is 42.5 Å². The Bertz CT molecular complexity index is 847. The first kappa shape index (κ1) is 16.4. The molecule has 2 heterocycles. The van der Waals surface area contributed by atoms with Crippen LogP contribution in [0, 0.1) is 0 Å². The molecule has 2 aromatic carbocycles. The second-order valence-corrected chi connectivity index (χ2v) is 6.48. The molecule has 1 fully saturated rings. The van der Waals surface area contributed by atoms with E-state index in [9.17, 15) is 9.59 Å². The number of hydrogen-bond donors (Lipinski definition) is 1. The van der Waals surface area contributed by atoms with Gasteiger partial charge in [-0.1, -0.05) is 12.1 Å². The molecular weight excluding hydrogens is 332 g/mol. The summed E-state index contributed by atoms with van der Waals surface area (Å²) in [6.07, 6.45) is 1.91. The van der Waals surface area contributed by atoms with Gasteiger partial charge in [0.1, 0.15) is 11.5 Å². The van der Waals surface area contributed by atoms with Crippen molar-refractivity contribution in [3.63, 3.8) is 0 Å². The largest absolute Gasteiger partial charge is 0.497 e. The zero-order valence-corrected chi connectivity index (χ0v) is 14.5. The summed E-state index contributed by atoms with van der Waals surface area (Å²) in [5, 5.41) is 2.74. The van der Waals surface area contributed by atoms with E-state index in [1.165, 1.54) is 0 Å². The normalized spacial score (nSPS) is 18.7. The highest BCUT2D eigenvalue weighted by atomic mass is 16.5. The van der Waals surface area contributed by atoms with E-state index < -0.39 is 0 Å². The van der Waals surface area contributed by atoms with Crippen molar-refractivity contribution in [2.45, 2.75) is 18.9 Å². The number of fused-ring (bicyclic) bond motifs is 1. The summed E-state index contributed by atoms with van der Waals surface area (Å²) < 4.78 is 10.6. The number of anilines is 1. The summed E-state index contributed by atoms with van der Waals surface area (Å²) in [6.45, 7) is 0.701. The van der Waals surface area contributed by atoms with Crippen molar-refractivity contribution in [3.05, 3.63) is 53.6 Å². The molecule has 1 N–H and O–H groups in total. The van der Waals surface area contributed by atoms with Gasteiger partial charge in [0, 0.05) is 12.1 Å². The number of amides is 2. The van der Waals surface area contributed by atoms with E-state index >= 15 is 0 Å². The Balaban J connectivity index is 1.57. The van der Waals surface area contributed by atoms with E-state index in [-0.39, 0.29) is 24.5 Å². The molecule has 0 aromatic heterocycles. The lowest BCUT2D eigenvalue weighted by Crippen LogP contribution is -2.31. The van der Waals surface area contributed by atoms with Gasteiger partial charge in [0.2, 0.25) is 0 Å². The van der Waals surface area contributed by atoms with E-state index in [0.29, 0.717) is 17.0 Å². The number of ether oxygens (including phenoxy) is 2. The smallest absolute Gasteiger partial charge is 0.262 e. The van der Waals surface area contributed by atoms with E-state index in [1.807, 2.05) is 29.2 Å². The quantitative estimate of drug-likeness (QED) is 0.922. The zero-order chi connectivity index (χ0) is 18.1. The summed E-state index contributed by atoms with van der Waals surface area (Å²) in [6, 6.07) is 13.1. The van der Waals surface area contributed by atoms with Gasteiger partial charge in [-0.15, -0.1) is 0 Å². The molecule has 2 aliphatic rings. The molecule has 1 unspecified atom stereocenters. The third-order valence-corrected chi connectivity index (χ3v) is 4.88. The van der Waals surface area contributed by atoms with Gasteiger partial charge in [0.15, 0.2) is 6.61 Å². The number of nitrogens with one attached hydrogen (secondary N) is 1. The average molecular weight is 352 g/mol. The van der Waals surface area contributed by atoms with Crippen LogP contribution in [0.25, 0.3) is 0 Å². The molecular formula is C20H20N2O4. The maximum atomic E-state index is 13.1. The van der Waals surface area contributed by atoms with Crippen LogP contribution in [-0.2, 0) is 4.79 Å². The van der Waals surface area contributed by atoms with Crippen LogP contribution in [0.5, 0.6) is 11.5 Å². The van der Waals surface area contributed by atoms with Gasteiger partial charge in [-0.2, -0.15) is 0 Å². The number of carbonyl (C=O) groups is 2. The molecule has 0 bridgehead atoms. The van der Waals surface area contributed by atoms with Crippen LogP contribution in [0.2, 0.25) is 0 Å². The van der Waals surface area contributed by atoms with Gasteiger partial charge >= 0.3 is 0 Å². The molecule has 0 spiro atoms. The minimum atomic E-state index is -0.185. The molecule has 2 amide bonds. The van der Waals surface area contributed by atoms with Crippen molar-refractivity contribution in [3.8, 4) is 11.5 Å². The third kappa shape index (κ3) is 2.98. The summed E-state index contributed by atoms with van der Waals surface area (Å²) in [7, 11) is 1.64. The van der Waals surface area contributed by atoms with Crippen LogP contribution in [0.1, 0.15) is 34.8 Å². The molecule has 134 valence electrons. The van der Waals surface area contributed by atoms with Gasteiger partial charge in [-0.05, 0) is 48.7 Å². The number of benzene rings is 2. The van der Waals surface area contributed by atoms with Crippen molar-refractivity contribution >= 4 is 17.5 Å². The minimum Gasteiger partial charge on any atom is -0.497 e. The minimum absolute atomic E-state index is 0.0216. The van der Waals surface area contributed by atoms with E-state index in [1.54, 1.807) is 25.3 Å². The molecule has 1 atom stereocenters. The molecule has 1 saturated heterocycles. The Morgan fingerprint density at radius 1 is 1.23 bits per heavy atom. The lowest BCUT2D eigenvalue weighted by Gasteiger charge is -2.26. The summed E-state index contributed by atoms with van der Waals surface area (Å²) in [5.41, 5.74) is 2.28. The van der Waals surface area contributed by atoms with Crippen molar-refractivity contribution in [2.24, 2.45) is 0 Å². The number of nitrogens with zero attached hydrogens (tertiary/aromatic N) is 1. The topological polar surface area (TPSA) is 67.9 Å². The fourth-order valence-corrected chi connectivity index (χ4v) is 3.56. The molecule has 0 aliphatic carbocycles. The number of likely N-dealkylation sites (tertiary alicyclic amines) is 1. The summed E-state index contributed by atoms with van der Waals surface area (Å²) in [5.74, 6) is 1.14. The predicted molar refractivity (Wildman–Crippen MR) is 96.6 cm³/mol. The summed E-state index contributed by atoms with van der Waals surface area (Å²) >= 11 is 0. The monoisotopic (exact) mass is 352 g/mol. The van der Waals surface area contributed by atoms with Crippen molar-refractivity contribution < 1.29 is 19.1 Å².